The van der Waals surface area contributed by atoms with Crippen LogP contribution in [0.2, 0.25) is 0 Å². The Morgan fingerprint density at radius 3 is 2.75 bits per heavy atom. The van der Waals surface area contributed by atoms with Gasteiger partial charge in [-0.05, 0) is 13.3 Å². The minimum absolute atomic E-state index is 0.0725. The van der Waals surface area contributed by atoms with Crippen molar-refractivity contribution in [3.63, 3.8) is 0 Å². The van der Waals surface area contributed by atoms with Crippen LogP contribution in [0.5, 0.6) is 0 Å². The largest absolute Gasteiger partial charge is 0.347 e. The number of allylic oxidation sites excluding steroid dienone is 1. The average Bonchev–Trinajstić information content (AvgIpc) is 1.97. The number of amides is 1. The molecule has 0 aromatic rings. The number of hydrogen-bond acceptors (Lipinski definition) is 2. The fraction of sp³-hybridized carbons (Fsp3) is 0.667. The highest BCUT2D eigenvalue weighted by Crippen LogP contribution is 1.98. The Labute approximate surface area is 73.2 Å². The number of carbonyl (C=O) groups excluding carboxylic acids is 1. The van der Waals surface area contributed by atoms with Gasteiger partial charge >= 0.3 is 0 Å². The van der Waals surface area contributed by atoms with E-state index in [-0.39, 0.29) is 5.91 Å². The monoisotopic (exact) mass is 168 g/mol. The zero-order valence-corrected chi connectivity index (χ0v) is 7.68. The molecule has 1 rings (SSSR count). The molecule has 0 saturated carbocycles. The van der Waals surface area contributed by atoms with Crippen LogP contribution in [0.3, 0.4) is 0 Å². The van der Waals surface area contributed by atoms with E-state index in [1.807, 2.05) is 19.9 Å². The maximum atomic E-state index is 11.3. The van der Waals surface area contributed by atoms with E-state index in [4.69, 9.17) is 0 Å². The average molecular weight is 168 g/mol. The molecule has 0 radical (unpaired) electrons. The van der Waals surface area contributed by atoms with E-state index < -0.39 is 0 Å². The van der Waals surface area contributed by atoms with E-state index in [1.165, 1.54) is 0 Å². The number of rotatable bonds is 3. The maximum absolute atomic E-state index is 11.3. The Bertz CT molecular complexity index is 195. The molecule has 0 spiro atoms. The van der Waals surface area contributed by atoms with Crippen LogP contribution in [0.25, 0.3) is 0 Å². The molecule has 1 saturated heterocycles. The molecule has 0 bridgehead atoms. The lowest BCUT2D eigenvalue weighted by molar-refractivity contribution is -0.118. The van der Waals surface area contributed by atoms with Gasteiger partial charge in [-0.2, -0.15) is 0 Å². The number of hydrogen-bond donors (Lipinski definition) is 2. The lowest BCUT2D eigenvalue weighted by Gasteiger charge is -2.28. The molecule has 1 heterocycles. The molecule has 1 aliphatic heterocycles. The van der Waals surface area contributed by atoms with E-state index in [1.54, 1.807) is 0 Å². The summed E-state index contributed by atoms with van der Waals surface area (Å²) in [6, 6.07) is 0.345. The standard InChI is InChI=1S/C9H16N2O/c1-3-4-7(2)9(12)11-8-5-10-6-8/h4,8,10H,3,5-6H2,1-2H3,(H,11,12). The highest BCUT2D eigenvalue weighted by molar-refractivity contribution is 5.93. The van der Waals surface area contributed by atoms with E-state index in [2.05, 4.69) is 10.6 Å². The van der Waals surface area contributed by atoms with Crippen LogP contribution in [0.1, 0.15) is 20.3 Å². The van der Waals surface area contributed by atoms with Crippen LogP contribution in [0.15, 0.2) is 11.6 Å². The molecule has 0 unspecified atom stereocenters. The van der Waals surface area contributed by atoms with Crippen molar-refractivity contribution >= 4 is 5.91 Å². The van der Waals surface area contributed by atoms with Gasteiger partial charge in [0, 0.05) is 18.7 Å². The highest BCUT2D eigenvalue weighted by atomic mass is 16.1. The Kier molecular flexibility index (Phi) is 3.29. The Balaban J connectivity index is 2.31. The lowest BCUT2D eigenvalue weighted by Crippen LogP contribution is -2.57. The molecular formula is C9H16N2O. The molecule has 0 aromatic carbocycles. The van der Waals surface area contributed by atoms with Crippen molar-refractivity contribution in [2.45, 2.75) is 26.3 Å². The zero-order valence-electron chi connectivity index (χ0n) is 7.68. The first-order valence-electron chi connectivity index (χ1n) is 4.42. The van der Waals surface area contributed by atoms with Crippen molar-refractivity contribution < 1.29 is 4.79 Å². The minimum Gasteiger partial charge on any atom is -0.347 e. The summed E-state index contributed by atoms with van der Waals surface area (Å²) in [7, 11) is 0. The summed E-state index contributed by atoms with van der Waals surface area (Å²) in [4.78, 5) is 11.3. The lowest BCUT2D eigenvalue weighted by atomic mass is 10.1. The first kappa shape index (κ1) is 9.26. The molecule has 12 heavy (non-hydrogen) atoms. The van der Waals surface area contributed by atoms with Crippen molar-refractivity contribution in [2.75, 3.05) is 13.1 Å². The van der Waals surface area contributed by atoms with E-state index in [0.717, 1.165) is 25.1 Å². The predicted octanol–water partition coefficient (Wildman–Crippen LogP) is 0.431. The van der Waals surface area contributed by atoms with Crippen LogP contribution in [0, 0.1) is 0 Å². The van der Waals surface area contributed by atoms with Gasteiger partial charge in [-0.3, -0.25) is 4.79 Å². The van der Waals surface area contributed by atoms with Crippen molar-refractivity contribution in [1.29, 1.82) is 0 Å². The summed E-state index contributed by atoms with van der Waals surface area (Å²) in [5.74, 6) is 0.0725. The van der Waals surface area contributed by atoms with Crippen LogP contribution >= 0.6 is 0 Å². The van der Waals surface area contributed by atoms with Crippen LogP contribution in [-0.4, -0.2) is 25.0 Å². The van der Waals surface area contributed by atoms with Gasteiger partial charge in [0.05, 0.1) is 6.04 Å². The topological polar surface area (TPSA) is 41.1 Å². The van der Waals surface area contributed by atoms with E-state index in [9.17, 15) is 4.79 Å². The molecule has 0 atom stereocenters. The van der Waals surface area contributed by atoms with Crippen molar-refractivity contribution in [3.8, 4) is 0 Å². The summed E-state index contributed by atoms with van der Waals surface area (Å²) in [5.41, 5.74) is 0.824. The van der Waals surface area contributed by atoms with Gasteiger partial charge in [-0.25, -0.2) is 0 Å². The van der Waals surface area contributed by atoms with Gasteiger partial charge in [0.15, 0.2) is 0 Å². The summed E-state index contributed by atoms with van der Waals surface area (Å²) >= 11 is 0. The second-order valence-electron chi connectivity index (χ2n) is 3.12. The fourth-order valence-electron chi connectivity index (χ4n) is 1.09. The number of carbonyl (C=O) groups is 1. The van der Waals surface area contributed by atoms with Gasteiger partial charge in [0.2, 0.25) is 5.91 Å². The second-order valence-corrected chi connectivity index (χ2v) is 3.12. The van der Waals surface area contributed by atoms with Crippen LogP contribution < -0.4 is 10.6 Å². The molecule has 0 aromatic heterocycles. The Morgan fingerprint density at radius 1 is 1.67 bits per heavy atom. The molecule has 1 aliphatic rings. The van der Waals surface area contributed by atoms with Crippen molar-refractivity contribution in [1.82, 2.24) is 10.6 Å². The highest BCUT2D eigenvalue weighted by Gasteiger charge is 2.18. The van der Waals surface area contributed by atoms with Gasteiger partial charge in [-0.15, -0.1) is 0 Å². The fourth-order valence-corrected chi connectivity index (χ4v) is 1.09. The molecule has 1 fully saturated rings. The third kappa shape index (κ3) is 2.34. The summed E-state index contributed by atoms with van der Waals surface area (Å²) < 4.78 is 0. The molecule has 2 N–H and O–H groups in total. The van der Waals surface area contributed by atoms with Gasteiger partial charge in [-0.1, -0.05) is 13.0 Å². The molecule has 0 aliphatic carbocycles. The van der Waals surface area contributed by atoms with Crippen LogP contribution in [-0.2, 0) is 4.79 Å². The van der Waals surface area contributed by atoms with Gasteiger partial charge < -0.3 is 10.6 Å². The quantitative estimate of drug-likeness (QED) is 0.600. The normalized spacial score (nSPS) is 18.7. The van der Waals surface area contributed by atoms with Crippen molar-refractivity contribution in [3.05, 3.63) is 11.6 Å². The predicted molar refractivity (Wildman–Crippen MR) is 48.8 cm³/mol. The third-order valence-corrected chi connectivity index (χ3v) is 1.99. The Hall–Kier alpha value is -0.830. The maximum Gasteiger partial charge on any atom is 0.246 e. The van der Waals surface area contributed by atoms with Crippen molar-refractivity contribution in [2.24, 2.45) is 0 Å². The first-order chi connectivity index (χ1) is 5.74. The SMILES string of the molecule is CCC=C(C)C(=O)NC1CNC1. The molecule has 68 valence electrons. The third-order valence-electron chi connectivity index (χ3n) is 1.99. The van der Waals surface area contributed by atoms with E-state index >= 15 is 0 Å². The van der Waals surface area contributed by atoms with E-state index in [0.29, 0.717) is 6.04 Å². The smallest absolute Gasteiger partial charge is 0.246 e. The first-order valence-corrected chi connectivity index (χ1v) is 4.42. The Morgan fingerprint density at radius 2 is 2.33 bits per heavy atom. The molecule has 3 nitrogen and oxygen atoms in total. The van der Waals surface area contributed by atoms with Crippen LogP contribution in [0.4, 0.5) is 0 Å². The van der Waals surface area contributed by atoms with Gasteiger partial charge in [0.1, 0.15) is 0 Å². The number of nitrogens with one attached hydrogen (secondary N) is 2. The minimum atomic E-state index is 0.0725. The summed E-state index contributed by atoms with van der Waals surface area (Å²) in [6.07, 6.45) is 2.86. The molecule has 3 heteroatoms. The zero-order chi connectivity index (χ0) is 8.97. The second kappa shape index (κ2) is 4.26. The van der Waals surface area contributed by atoms with Gasteiger partial charge in [0.25, 0.3) is 0 Å². The summed E-state index contributed by atoms with van der Waals surface area (Å²) in [6.45, 7) is 5.70. The molecule has 1 amide bonds. The summed E-state index contributed by atoms with van der Waals surface area (Å²) in [5, 5.41) is 6.03. The molecular weight excluding hydrogens is 152 g/mol.